The Hall–Kier alpha value is -1.24. The Bertz CT molecular complexity index is 567. The summed E-state index contributed by atoms with van der Waals surface area (Å²) in [6.07, 6.45) is 1.17. The number of hydrogen-bond donors (Lipinski definition) is 0. The molecule has 0 amide bonds. The lowest BCUT2D eigenvalue weighted by molar-refractivity contribution is -0.112. The maximum Gasteiger partial charge on any atom is 0.245 e. The van der Waals surface area contributed by atoms with Crippen LogP contribution < -0.4 is 0 Å². The second-order valence-corrected chi connectivity index (χ2v) is 6.68. The number of sulfonamides is 1. The van der Waals surface area contributed by atoms with E-state index < -0.39 is 22.3 Å². The average molecular weight is 297 g/mol. The predicted octanol–water partition coefficient (Wildman–Crippen LogP) is 1.71. The van der Waals surface area contributed by atoms with Gasteiger partial charge in [0.25, 0.3) is 0 Å². The lowest BCUT2D eigenvalue weighted by Gasteiger charge is -2.26. The standard InChI is InChI=1S/C14H19NO4S/c1-3-19-14-9-6-12(10-16)15(14)20(17,18)13-7-4-11(2)5-8-13/h4-5,7-8,10,12,14H,3,6,9H2,1-2H3. The quantitative estimate of drug-likeness (QED) is 0.776. The molecule has 1 saturated heterocycles. The van der Waals surface area contributed by atoms with Gasteiger partial charge in [-0.3, -0.25) is 0 Å². The number of carbonyl (C=O) groups is 1. The van der Waals surface area contributed by atoms with Crippen LogP contribution in [0.5, 0.6) is 0 Å². The number of aldehydes is 1. The third kappa shape index (κ3) is 2.77. The van der Waals surface area contributed by atoms with Crippen LogP contribution in [-0.4, -0.2) is 37.9 Å². The molecule has 0 radical (unpaired) electrons. The summed E-state index contributed by atoms with van der Waals surface area (Å²) in [7, 11) is -3.71. The third-order valence-electron chi connectivity index (χ3n) is 3.43. The lowest BCUT2D eigenvalue weighted by atomic mass is 10.2. The van der Waals surface area contributed by atoms with Crippen LogP contribution in [0.4, 0.5) is 0 Å². The van der Waals surface area contributed by atoms with Crippen LogP contribution in [0, 0.1) is 6.92 Å². The van der Waals surface area contributed by atoms with Crippen LogP contribution in [-0.2, 0) is 19.6 Å². The minimum Gasteiger partial charge on any atom is -0.362 e. The van der Waals surface area contributed by atoms with Gasteiger partial charge in [0.15, 0.2) is 0 Å². The second kappa shape index (κ2) is 6.03. The minimum atomic E-state index is -3.71. The van der Waals surface area contributed by atoms with Gasteiger partial charge in [0.05, 0.1) is 10.9 Å². The number of hydrogen-bond acceptors (Lipinski definition) is 4. The summed E-state index contributed by atoms with van der Waals surface area (Å²) in [5.41, 5.74) is 0.985. The SMILES string of the molecule is CCOC1CCC(C=O)N1S(=O)(=O)c1ccc(C)cc1. The van der Waals surface area contributed by atoms with Crippen LogP contribution in [0.3, 0.4) is 0 Å². The van der Waals surface area contributed by atoms with Gasteiger partial charge in [0.1, 0.15) is 12.5 Å². The van der Waals surface area contributed by atoms with E-state index in [0.29, 0.717) is 25.7 Å². The highest BCUT2D eigenvalue weighted by molar-refractivity contribution is 7.89. The minimum absolute atomic E-state index is 0.196. The van der Waals surface area contributed by atoms with Crippen molar-refractivity contribution in [3.63, 3.8) is 0 Å². The van der Waals surface area contributed by atoms with E-state index in [4.69, 9.17) is 4.74 Å². The highest BCUT2D eigenvalue weighted by Crippen LogP contribution is 2.30. The van der Waals surface area contributed by atoms with E-state index in [1.807, 2.05) is 13.8 Å². The molecular formula is C14H19NO4S. The molecule has 1 aliphatic rings. The van der Waals surface area contributed by atoms with Gasteiger partial charge in [-0.2, -0.15) is 4.31 Å². The van der Waals surface area contributed by atoms with Crippen LogP contribution in [0.25, 0.3) is 0 Å². The Balaban J connectivity index is 2.38. The summed E-state index contributed by atoms with van der Waals surface area (Å²) in [5.74, 6) is 0. The highest BCUT2D eigenvalue weighted by Gasteiger charge is 2.42. The van der Waals surface area contributed by atoms with Crippen LogP contribution >= 0.6 is 0 Å². The summed E-state index contributed by atoms with van der Waals surface area (Å²) >= 11 is 0. The molecule has 0 N–H and O–H groups in total. The molecule has 2 rings (SSSR count). The highest BCUT2D eigenvalue weighted by atomic mass is 32.2. The van der Waals surface area contributed by atoms with Crippen molar-refractivity contribution in [2.75, 3.05) is 6.61 Å². The maximum atomic E-state index is 12.7. The number of benzene rings is 1. The number of ether oxygens (including phenoxy) is 1. The Labute approximate surface area is 119 Å². The van der Waals surface area contributed by atoms with E-state index >= 15 is 0 Å². The Morgan fingerprint density at radius 3 is 2.50 bits per heavy atom. The van der Waals surface area contributed by atoms with Crippen LogP contribution in [0.15, 0.2) is 29.2 Å². The molecule has 20 heavy (non-hydrogen) atoms. The van der Waals surface area contributed by atoms with Gasteiger partial charge < -0.3 is 9.53 Å². The fourth-order valence-corrected chi connectivity index (χ4v) is 4.13. The molecule has 110 valence electrons. The van der Waals surface area contributed by atoms with Gasteiger partial charge in [-0.1, -0.05) is 17.7 Å². The molecule has 1 aromatic carbocycles. The molecule has 1 aliphatic heterocycles. The van der Waals surface area contributed by atoms with E-state index in [1.54, 1.807) is 24.3 Å². The first kappa shape index (κ1) is 15.2. The summed E-state index contributed by atoms with van der Waals surface area (Å²) < 4.78 is 32.0. The number of carbonyl (C=O) groups excluding carboxylic acids is 1. The Morgan fingerprint density at radius 2 is 1.95 bits per heavy atom. The van der Waals surface area contributed by atoms with Gasteiger partial charge in [0.2, 0.25) is 10.0 Å². The van der Waals surface area contributed by atoms with Crippen molar-refractivity contribution < 1.29 is 17.9 Å². The van der Waals surface area contributed by atoms with Gasteiger partial charge >= 0.3 is 0 Å². The second-order valence-electron chi connectivity index (χ2n) is 4.84. The zero-order chi connectivity index (χ0) is 14.8. The summed E-state index contributed by atoms with van der Waals surface area (Å²) in [4.78, 5) is 11.3. The van der Waals surface area contributed by atoms with E-state index in [1.165, 1.54) is 4.31 Å². The predicted molar refractivity (Wildman–Crippen MR) is 74.7 cm³/mol. The molecule has 5 nitrogen and oxygen atoms in total. The van der Waals surface area contributed by atoms with Crippen molar-refractivity contribution in [2.24, 2.45) is 0 Å². The van der Waals surface area contributed by atoms with E-state index in [-0.39, 0.29) is 4.90 Å². The number of nitrogens with zero attached hydrogens (tertiary/aromatic N) is 1. The summed E-state index contributed by atoms with van der Waals surface area (Å²) in [6, 6.07) is 5.98. The molecule has 0 saturated carbocycles. The van der Waals surface area contributed by atoms with Crippen LogP contribution in [0.2, 0.25) is 0 Å². The van der Waals surface area contributed by atoms with E-state index in [0.717, 1.165) is 5.56 Å². The topological polar surface area (TPSA) is 63.7 Å². The smallest absolute Gasteiger partial charge is 0.245 e. The van der Waals surface area contributed by atoms with Gasteiger partial charge in [-0.15, -0.1) is 0 Å². The molecule has 2 atom stereocenters. The molecule has 0 spiro atoms. The van der Waals surface area contributed by atoms with E-state index in [2.05, 4.69) is 0 Å². The third-order valence-corrected chi connectivity index (χ3v) is 5.36. The molecule has 1 heterocycles. The van der Waals surface area contributed by atoms with Crippen molar-refractivity contribution in [3.8, 4) is 0 Å². The summed E-state index contributed by atoms with van der Waals surface area (Å²) in [5, 5.41) is 0. The van der Waals surface area contributed by atoms with Gasteiger partial charge in [0, 0.05) is 6.61 Å². The molecule has 2 unspecified atom stereocenters. The monoisotopic (exact) mass is 297 g/mol. The largest absolute Gasteiger partial charge is 0.362 e. The molecule has 0 aromatic heterocycles. The Kier molecular flexibility index (Phi) is 4.57. The van der Waals surface area contributed by atoms with Gasteiger partial charge in [-0.25, -0.2) is 8.42 Å². The Morgan fingerprint density at radius 1 is 1.30 bits per heavy atom. The molecular weight excluding hydrogens is 278 g/mol. The average Bonchev–Trinajstić information content (AvgIpc) is 2.83. The molecule has 6 heteroatoms. The molecule has 0 bridgehead atoms. The van der Waals surface area contributed by atoms with Crippen molar-refractivity contribution in [1.82, 2.24) is 4.31 Å². The molecule has 1 aromatic rings. The van der Waals surface area contributed by atoms with Crippen LogP contribution in [0.1, 0.15) is 25.3 Å². The van der Waals surface area contributed by atoms with E-state index in [9.17, 15) is 13.2 Å². The normalized spacial score (nSPS) is 23.9. The zero-order valence-electron chi connectivity index (χ0n) is 11.7. The fraction of sp³-hybridized carbons (Fsp3) is 0.500. The van der Waals surface area contributed by atoms with Crippen molar-refractivity contribution in [3.05, 3.63) is 29.8 Å². The molecule has 0 aliphatic carbocycles. The fourth-order valence-electron chi connectivity index (χ4n) is 2.42. The zero-order valence-corrected chi connectivity index (χ0v) is 12.5. The summed E-state index contributed by atoms with van der Waals surface area (Å²) in [6.45, 7) is 4.12. The maximum absolute atomic E-state index is 12.7. The van der Waals surface area contributed by atoms with Gasteiger partial charge in [-0.05, 0) is 38.8 Å². The van der Waals surface area contributed by atoms with Crippen molar-refractivity contribution >= 4 is 16.3 Å². The van der Waals surface area contributed by atoms with Crippen molar-refractivity contribution in [2.45, 2.75) is 43.9 Å². The van der Waals surface area contributed by atoms with Crippen molar-refractivity contribution in [1.29, 1.82) is 0 Å². The first-order valence-electron chi connectivity index (χ1n) is 6.67. The lowest BCUT2D eigenvalue weighted by Crippen LogP contribution is -2.43. The molecule has 1 fully saturated rings. The first-order chi connectivity index (χ1) is 9.50. The number of rotatable bonds is 5. The first-order valence-corrected chi connectivity index (χ1v) is 8.11. The number of aryl methyl sites for hydroxylation is 1.